The van der Waals surface area contributed by atoms with Crippen molar-refractivity contribution in [3.8, 4) is 0 Å². The lowest BCUT2D eigenvalue weighted by Gasteiger charge is -2.01. The summed E-state index contributed by atoms with van der Waals surface area (Å²) in [7, 11) is 0. The molecule has 0 bridgehead atoms. The maximum absolute atomic E-state index is 11.8. The second kappa shape index (κ2) is 6.26. The molecule has 1 aromatic carbocycles. The smallest absolute Gasteiger partial charge is 0.356 e. The number of carbonyl (C=O) groups excluding carboxylic acids is 1. The van der Waals surface area contributed by atoms with E-state index in [1.807, 2.05) is 48.7 Å². The number of aromatic nitrogens is 2. The molecule has 22 heavy (non-hydrogen) atoms. The fraction of sp³-hybridized carbons (Fsp3) is 0.111. The van der Waals surface area contributed by atoms with Gasteiger partial charge in [-0.25, -0.2) is 9.78 Å². The van der Waals surface area contributed by atoms with Crippen LogP contribution in [0.4, 0.5) is 0 Å². The zero-order valence-electron chi connectivity index (χ0n) is 12.2. The number of aromatic amines is 1. The molecule has 0 atom stereocenters. The van der Waals surface area contributed by atoms with Crippen molar-refractivity contribution >= 4 is 29.0 Å². The Bertz CT molecular complexity index is 819. The van der Waals surface area contributed by atoms with E-state index >= 15 is 0 Å². The Labute approximate surface area is 128 Å². The van der Waals surface area contributed by atoms with Crippen molar-refractivity contribution in [2.45, 2.75) is 6.92 Å². The summed E-state index contributed by atoms with van der Waals surface area (Å²) >= 11 is 0. The number of carbonyl (C=O) groups is 1. The van der Waals surface area contributed by atoms with E-state index in [0.29, 0.717) is 12.3 Å². The molecular weight excluding hydrogens is 276 g/mol. The number of nitrogens with zero attached hydrogens (tertiary/aromatic N) is 1. The minimum atomic E-state index is -0.399. The van der Waals surface area contributed by atoms with Gasteiger partial charge in [0.1, 0.15) is 5.69 Å². The Hall–Kier alpha value is -2.88. The van der Waals surface area contributed by atoms with E-state index in [1.54, 1.807) is 19.2 Å². The van der Waals surface area contributed by atoms with Crippen LogP contribution in [-0.4, -0.2) is 22.5 Å². The lowest BCUT2D eigenvalue weighted by atomic mass is 10.1. The lowest BCUT2D eigenvalue weighted by molar-refractivity contribution is 0.0520. The normalized spacial score (nSPS) is 11.1. The number of rotatable bonds is 4. The van der Waals surface area contributed by atoms with Crippen LogP contribution in [0.3, 0.4) is 0 Å². The van der Waals surface area contributed by atoms with Gasteiger partial charge >= 0.3 is 5.97 Å². The van der Waals surface area contributed by atoms with Gasteiger partial charge in [0.25, 0.3) is 0 Å². The molecular formula is C18H16N2O2. The van der Waals surface area contributed by atoms with E-state index in [0.717, 1.165) is 22.0 Å². The molecule has 3 rings (SSSR count). The van der Waals surface area contributed by atoms with E-state index in [2.05, 4.69) is 9.97 Å². The molecule has 0 aliphatic rings. The van der Waals surface area contributed by atoms with E-state index in [9.17, 15) is 4.79 Å². The first kappa shape index (κ1) is 14.1. The third-order valence-electron chi connectivity index (χ3n) is 3.34. The molecule has 1 N–H and O–H groups in total. The molecule has 0 radical (unpaired) electrons. The molecule has 0 fully saturated rings. The highest BCUT2D eigenvalue weighted by Crippen LogP contribution is 2.21. The molecule has 0 unspecified atom stereocenters. The highest BCUT2D eigenvalue weighted by atomic mass is 16.5. The molecule has 3 aromatic rings. The number of pyridine rings is 1. The average Bonchev–Trinajstić information content (AvgIpc) is 2.96. The zero-order valence-corrected chi connectivity index (χ0v) is 12.2. The number of nitrogens with one attached hydrogen (secondary N) is 1. The third-order valence-corrected chi connectivity index (χ3v) is 3.34. The van der Waals surface area contributed by atoms with E-state index < -0.39 is 5.97 Å². The van der Waals surface area contributed by atoms with Gasteiger partial charge in [-0.05, 0) is 24.1 Å². The van der Waals surface area contributed by atoms with Gasteiger partial charge in [0.05, 0.1) is 18.3 Å². The summed E-state index contributed by atoms with van der Waals surface area (Å²) in [5.41, 5.74) is 3.34. The van der Waals surface area contributed by atoms with Gasteiger partial charge in [0, 0.05) is 11.6 Å². The van der Waals surface area contributed by atoms with Crippen LogP contribution < -0.4 is 0 Å². The number of benzene rings is 1. The number of H-pyrrole nitrogens is 1. The number of ether oxygens (including phenoxy) is 1. The van der Waals surface area contributed by atoms with Gasteiger partial charge in [-0.2, -0.15) is 0 Å². The van der Waals surface area contributed by atoms with Gasteiger partial charge < -0.3 is 9.72 Å². The van der Waals surface area contributed by atoms with Crippen LogP contribution in [-0.2, 0) is 4.74 Å². The van der Waals surface area contributed by atoms with E-state index in [4.69, 9.17) is 4.74 Å². The van der Waals surface area contributed by atoms with Crippen LogP contribution in [0.15, 0.2) is 48.8 Å². The largest absolute Gasteiger partial charge is 0.461 e. The second-order valence-electron chi connectivity index (χ2n) is 4.82. The van der Waals surface area contributed by atoms with Crippen LogP contribution in [0.25, 0.3) is 23.1 Å². The Morgan fingerprint density at radius 2 is 2.09 bits per heavy atom. The summed E-state index contributed by atoms with van der Waals surface area (Å²) in [6, 6.07) is 11.8. The molecule has 2 heterocycles. The van der Waals surface area contributed by atoms with Crippen molar-refractivity contribution in [1.29, 1.82) is 0 Å². The van der Waals surface area contributed by atoms with Crippen molar-refractivity contribution < 1.29 is 9.53 Å². The monoisotopic (exact) mass is 292 g/mol. The highest BCUT2D eigenvalue weighted by molar-refractivity contribution is 5.96. The molecule has 0 aliphatic carbocycles. The Kier molecular flexibility index (Phi) is 4.01. The summed E-state index contributed by atoms with van der Waals surface area (Å²) in [6.07, 6.45) is 7.61. The molecule has 0 saturated carbocycles. The molecule has 0 saturated heterocycles. The number of hydrogen-bond donors (Lipinski definition) is 1. The van der Waals surface area contributed by atoms with E-state index in [1.165, 1.54) is 0 Å². The van der Waals surface area contributed by atoms with Crippen LogP contribution in [0.5, 0.6) is 0 Å². The molecule has 0 spiro atoms. The van der Waals surface area contributed by atoms with Gasteiger partial charge in [-0.15, -0.1) is 0 Å². The first-order chi connectivity index (χ1) is 10.8. The first-order valence-electron chi connectivity index (χ1n) is 7.15. The van der Waals surface area contributed by atoms with Crippen molar-refractivity contribution in [2.24, 2.45) is 0 Å². The molecule has 2 aromatic heterocycles. The minimum absolute atomic E-state index is 0.323. The van der Waals surface area contributed by atoms with Crippen molar-refractivity contribution in [1.82, 2.24) is 9.97 Å². The topological polar surface area (TPSA) is 55.0 Å². The van der Waals surface area contributed by atoms with Crippen molar-refractivity contribution in [3.05, 3.63) is 65.6 Å². The van der Waals surface area contributed by atoms with E-state index in [-0.39, 0.29) is 0 Å². The van der Waals surface area contributed by atoms with Crippen molar-refractivity contribution in [3.63, 3.8) is 0 Å². The van der Waals surface area contributed by atoms with Crippen molar-refractivity contribution in [2.75, 3.05) is 6.61 Å². The van der Waals surface area contributed by atoms with Crippen LogP contribution in [0.1, 0.15) is 28.5 Å². The molecule has 4 heteroatoms. The van der Waals surface area contributed by atoms with Gasteiger partial charge in [0.15, 0.2) is 0 Å². The second-order valence-corrected chi connectivity index (χ2v) is 4.82. The molecule has 0 amide bonds. The quantitative estimate of drug-likeness (QED) is 0.742. The van der Waals surface area contributed by atoms with Gasteiger partial charge in [0.2, 0.25) is 0 Å². The summed E-state index contributed by atoms with van der Waals surface area (Å²) in [4.78, 5) is 19.1. The predicted octanol–water partition coefficient (Wildman–Crippen LogP) is 3.91. The van der Waals surface area contributed by atoms with Crippen LogP contribution >= 0.6 is 0 Å². The molecule has 0 aliphatic heterocycles. The standard InChI is InChI=1S/C18H16N2O2/c1-2-22-18(21)16-10-15-14(11-19-17(15)12-20-16)9-8-13-6-4-3-5-7-13/h3-12,19H,2H2,1H3. The Balaban J connectivity index is 1.95. The summed E-state index contributed by atoms with van der Waals surface area (Å²) in [5, 5.41) is 0.949. The summed E-state index contributed by atoms with van der Waals surface area (Å²) in [6.45, 7) is 2.12. The number of esters is 1. The lowest BCUT2D eigenvalue weighted by Crippen LogP contribution is -2.06. The minimum Gasteiger partial charge on any atom is -0.461 e. The predicted molar refractivity (Wildman–Crippen MR) is 87.4 cm³/mol. The summed E-state index contributed by atoms with van der Waals surface area (Å²) in [5.74, 6) is -0.399. The number of hydrogen-bond acceptors (Lipinski definition) is 3. The Morgan fingerprint density at radius 1 is 1.27 bits per heavy atom. The maximum Gasteiger partial charge on any atom is 0.356 e. The first-order valence-corrected chi connectivity index (χ1v) is 7.15. The maximum atomic E-state index is 11.8. The zero-order chi connectivity index (χ0) is 15.4. The highest BCUT2D eigenvalue weighted by Gasteiger charge is 2.10. The molecule has 110 valence electrons. The number of fused-ring (bicyclic) bond motifs is 1. The van der Waals surface area contributed by atoms with Crippen LogP contribution in [0, 0.1) is 0 Å². The van der Waals surface area contributed by atoms with Gasteiger partial charge in [-0.1, -0.05) is 42.5 Å². The summed E-state index contributed by atoms with van der Waals surface area (Å²) < 4.78 is 4.99. The third kappa shape index (κ3) is 2.91. The SMILES string of the molecule is CCOC(=O)c1cc2c(C=Cc3ccccc3)c[nH]c2cn1. The van der Waals surface area contributed by atoms with Crippen LogP contribution in [0.2, 0.25) is 0 Å². The average molecular weight is 292 g/mol. The molecule has 4 nitrogen and oxygen atoms in total. The fourth-order valence-corrected chi connectivity index (χ4v) is 2.25. The van der Waals surface area contributed by atoms with Gasteiger partial charge in [-0.3, -0.25) is 0 Å². The Morgan fingerprint density at radius 3 is 2.86 bits per heavy atom. The fourth-order valence-electron chi connectivity index (χ4n) is 2.25.